The molecule has 0 spiro atoms. The van der Waals surface area contributed by atoms with E-state index >= 15 is 9.59 Å². The highest BCUT2D eigenvalue weighted by molar-refractivity contribution is 5.92. The fraction of sp³-hybridized carbons (Fsp3) is 0.788. The Morgan fingerprint density at radius 1 is 0.663 bits per heavy atom. The zero-order chi connectivity index (χ0) is 69.0. The number of rotatable bonds is 20. The van der Waals surface area contributed by atoms with E-state index < -0.39 is 180 Å². The Hall–Kier alpha value is -5.74. The monoisotopic (exact) mass is 1310 g/mol. The van der Waals surface area contributed by atoms with Gasteiger partial charge in [0.15, 0.2) is 60.3 Å². The highest BCUT2D eigenvalue weighted by Gasteiger charge is 2.56. The van der Waals surface area contributed by atoms with Crippen molar-refractivity contribution in [3.05, 3.63) is 24.5 Å². The molecule has 0 amide bonds. The van der Waals surface area contributed by atoms with Crippen molar-refractivity contribution in [1.29, 1.82) is 0 Å². The van der Waals surface area contributed by atoms with E-state index in [2.05, 4.69) is 5.16 Å². The Labute approximate surface area is 542 Å². The molecule has 4 heterocycles. The molecule has 1 aliphatic carbocycles. The third-order valence-corrected chi connectivity index (χ3v) is 18.1. The lowest BCUT2D eigenvalue weighted by Gasteiger charge is -2.48. The van der Waals surface area contributed by atoms with Crippen molar-refractivity contribution in [3.63, 3.8) is 0 Å². The summed E-state index contributed by atoms with van der Waals surface area (Å²) in [7, 11) is 7.93. The van der Waals surface area contributed by atoms with Crippen molar-refractivity contribution < 1.29 is 114 Å². The molecule has 5 rings (SSSR count). The summed E-state index contributed by atoms with van der Waals surface area (Å²) in [4.78, 5) is 119. The minimum atomic E-state index is -2.08. The first kappa shape index (κ1) is 77.0. The second-order valence-electron chi connectivity index (χ2n) is 26.6. The summed E-state index contributed by atoms with van der Waals surface area (Å²) < 4.78 is 89.6. The molecule has 1 saturated carbocycles. The van der Waals surface area contributed by atoms with Gasteiger partial charge in [0.1, 0.15) is 36.9 Å². The standard InChI is InChI=1S/C66H104N3O23/c1-33(2)27-51(75)88-54-37(6)48(35(4)32-81-62-59(79-21)58(78-20)56(41(10)84-62)85-43(12)70)29-50(74)38(7)55(89-52-31-66(17,91-46(15)73)61(42(11)83-52)87-45(14)72)39(8)53(90-63-57(86-44(13)71)49(67-80-22)28-36(5)82-63)34(3)30-65(16,60(76)40(54)9)92-64(77)69-25-23-47(24-26-69)68(18)19/h23-26,33-42,48,52-59,61-63H,27-32H2,1-22H3/q+1/t34-,35-,36+,37-,38-,39+,40+,41+,42-,48+,52-,53-,54+,55+,56+,57+,58+,59+,61-,62+,63-,65-,66+/m0/s1. The van der Waals surface area contributed by atoms with Crippen molar-refractivity contribution >= 4 is 58.9 Å². The molecular formula is C66H104N3O23+. The van der Waals surface area contributed by atoms with Crippen molar-refractivity contribution in [1.82, 2.24) is 0 Å². The molecule has 0 aromatic carbocycles. The Morgan fingerprint density at radius 2 is 1.28 bits per heavy atom. The molecule has 3 aliphatic heterocycles. The number of anilines is 1. The Bertz CT molecular complexity index is 2710. The number of Topliss-reactive ketones (excluding diaryl/α,β-unsaturated/α-hetero) is 2. The maximum absolute atomic E-state index is 16.2. The van der Waals surface area contributed by atoms with Gasteiger partial charge in [0.25, 0.3) is 0 Å². The van der Waals surface area contributed by atoms with Crippen LogP contribution in [-0.4, -0.2) is 192 Å². The molecule has 0 N–H and O–H groups in total. The Kier molecular flexibility index (Phi) is 28.1. The predicted molar refractivity (Wildman–Crippen MR) is 329 cm³/mol. The van der Waals surface area contributed by atoms with Crippen LogP contribution < -0.4 is 9.47 Å². The number of esters is 5. The minimum absolute atomic E-state index is 0.0280. The van der Waals surface area contributed by atoms with Gasteiger partial charge < -0.3 is 76.1 Å². The van der Waals surface area contributed by atoms with Gasteiger partial charge in [-0.25, -0.2) is 0 Å². The van der Waals surface area contributed by atoms with Gasteiger partial charge in [-0.05, 0) is 70.6 Å². The summed E-state index contributed by atoms with van der Waals surface area (Å²) in [5.41, 5.74) is -2.55. The third kappa shape index (κ3) is 19.7. The summed E-state index contributed by atoms with van der Waals surface area (Å²) in [5.74, 6) is -10.8. The number of methoxy groups -OCH3 is 2. The lowest BCUT2D eigenvalue weighted by molar-refractivity contribution is -0.588. The smallest absolute Gasteiger partial charge is 0.461 e. The number of ether oxygens (including phenoxy) is 14. The zero-order valence-electron chi connectivity index (χ0n) is 58.0. The Morgan fingerprint density at radius 3 is 1.84 bits per heavy atom. The number of pyridine rings is 1. The van der Waals surface area contributed by atoms with Crippen LogP contribution in [0, 0.1) is 47.3 Å². The maximum atomic E-state index is 16.2. The van der Waals surface area contributed by atoms with Crippen LogP contribution in [0.2, 0.25) is 0 Å². The van der Waals surface area contributed by atoms with Gasteiger partial charge in [-0.2, -0.15) is 4.79 Å². The molecule has 23 atom stereocenters. The molecule has 1 aromatic rings. The average molecular weight is 1310 g/mol. The van der Waals surface area contributed by atoms with Crippen LogP contribution in [0.5, 0.6) is 0 Å². The molecule has 520 valence electrons. The third-order valence-electron chi connectivity index (χ3n) is 18.1. The van der Waals surface area contributed by atoms with Crippen molar-refractivity contribution in [2.45, 2.75) is 247 Å². The first-order chi connectivity index (χ1) is 43.0. The maximum Gasteiger partial charge on any atom is 0.602 e. The van der Waals surface area contributed by atoms with E-state index in [9.17, 15) is 28.8 Å². The van der Waals surface area contributed by atoms with E-state index in [-0.39, 0.29) is 56.1 Å². The van der Waals surface area contributed by atoms with Crippen molar-refractivity contribution in [2.75, 3.05) is 46.9 Å². The first-order valence-electron chi connectivity index (χ1n) is 31.9. The molecule has 0 bridgehead atoms. The fourth-order valence-electron chi connectivity index (χ4n) is 13.7. The fourth-order valence-corrected chi connectivity index (χ4v) is 13.7. The topological polar surface area (TPSA) is 294 Å². The van der Waals surface area contributed by atoms with Gasteiger partial charge in [-0.3, -0.25) is 33.6 Å². The second kappa shape index (κ2) is 33.6. The molecule has 3 saturated heterocycles. The summed E-state index contributed by atoms with van der Waals surface area (Å²) in [6.45, 7) is 27.3. The summed E-state index contributed by atoms with van der Waals surface area (Å²) in [6, 6.07) is 3.41. The highest BCUT2D eigenvalue weighted by Crippen LogP contribution is 2.44. The largest absolute Gasteiger partial charge is 0.602 e. The van der Waals surface area contributed by atoms with Gasteiger partial charge in [0.05, 0.1) is 43.0 Å². The first-order valence-corrected chi connectivity index (χ1v) is 31.9. The Balaban J connectivity index is 1.80. The molecule has 4 fully saturated rings. The zero-order valence-corrected chi connectivity index (χ0v) is 58.0. The highest BCUT2D eigenvalue weighted by atomic mass is 16.7. The summed E-state index contributed by atoms with van der Waals surface area (Å²) in [5, 5.41) is 4.23. The van der Waals surface area contributed by atoms with E-state index in [1.54, 1.807) is 74.4 Å². The van der Waals surface area contributed by atoms with Gasteiger partial charge in [-0.15, -0.1) is 0 Å². The van der Waals surface area contributed by atoms with Gasteiger partial charge >= 0.3 is 35.9 Å². The molecule has 92 heavy (non-hydrogen) atoms. The van der Waals surface area contributed by atoms with Crippen LogP contribution in [0.25, 0.3) is 0 Å². The van der Waals surface area contributed by atoms with E-state index in [0.29, 0.717) is 0 Å². The molecule has 4 aliphatic rings. The quantitative estimate of drug-likeness (QED) is 0.0546. The number of hydrogen-bond donors (Lipinski definition) is 0. The number of nitrogens with zero attached hydrogens (tertiary/aromatic N) is 3. The molecular weight excluding hydrogens is 1200 g/mol. The number of ketones is 2. The van der Waals surface area contributed by atoms with Gasteiger partial charge in [0, 0.05) is 111 Å². The molecule has 0 unspecified atom stereocenters. The average Bonchev–Trinajstić information content (AvgIpc) is 0.791. The normalized spacial score (nSPS) is 36.6. The van der Waals surface area contributed by atoms with Crippen molar-refractivity contribution in [3.8, 4) is 0 Å². The number of hydrogen-bond acceptors (Lipinski definition) is 25. The number of oxime groups is 1. The van der Waals surface area contributed by atoms with E-state index in [0.717, 1.165) is 5.69 Å². The molecule has 26 heteroatoms. The van der Waals surface area contributed by atoms with Crippen LogP contribution in [0.1, 0.15) is 150 Å². The predicted octanol–water partition coefficient (Wildman–Crippen LogP) is 7.06. The van der Waals surface area contributed by atoms with E-state index in [1.807, 2.05) is 39.8 Å². The van der Waals surface area contributed by atoms with Crippen LogP contribution >= 0.6 is 0 Å². The van der Waals surface area contributed by atoms with E-state index in [4.69, 9.17) is 71.2 Å². The van der Waals surface area contributed by atoms with Crippen LogP contribution in [0.3, 0.4) is 0 Å². The molecule has 26 nitrogen and oxygen atoms in total. The van der Waals surface area contributed by atoms with Gasteiger partial charge in [0.2, 0.25) is 6.29 Å². The SMILES string of the molecule is CON=C1C[C@@H](C)O[C@@H](O[C@@H]2[C@@H](C)[C@H](O[C@H]3C[C@@](C)(OC(C)=O)[C@@H](OC(C)=O)[C@H](C)O3)[C@@H](C)C(=O)C[C@H]([C@@H](C)CO[C@@H]3O[C@H](C)[C@@H](OC(C)=O)[C@@H](OC)[C@H]3OC)[C@H](C)[C@@H](OC(=O)CC(C)C)[C@@H](C)C(=O)[C@@](C)(OC(=O)[n+]3ccc(N(C)C)cc3)C[C@@H]2C)[C@@H]1OC(C)=O. The number of carbonyl (C=O) groups is 8. The molecule has 0 radical (unpaired) electrons. The lowest BCUT2D eigenvalue weighted by atomic mass is 9.69. The van der Waals surface area contributed by atoms with Gasteiger partial charge in [-0.1, -0.05) is 65.1 Å². The number of aromatic nitrogens is 1. The minimum Gasteiger partial charge on any atom is -0.461 e. The number of carbonyl (C=O) groups excluding carboxylic acids is 8. The van der Waals surface area contributed by atoms with Crippen LogP contribution in [-0.2, 0) is 105 Å². The molecule has 1 aromatic heterocycles. The summed E-state index contributed by atoms with van der Waals surface area (Å²) in [6.07, 6.45) is -13.2. The lowest BCUT2D eigenvalue weighted by Crippen LogP contribution is -2.60. The van der Waals surface area contributed by atoms with Crippen molar-refractivity contribution in [2.24, 2.45) is 52.5 Å². The van der Waals surface area contributed by atoms with Crippen LogP contribution in [0.15, 0.2) is 29.7 Å². The summed E-state index contributed by atoms with van der Waals surface area (Å²) >= 11 is 0. The second-order valence-corrected chi connectivity index (χ2v) is 26.6. The van der Waals surface area contributed by atoms with Crippen LogP contribution in [0.4, 0.5) is 10.5 Å². The van der Waals surface area contributed by atoms with E-state index in [1.165, 1.54) is 72.9 Å².